The van der Waals surface area contributed by atoms with E-state index in [9.17, 15) is 9.59 Å². The van der Waals surface area contributed by atoms with Crippen molar-refractivity contribution in [2.75, 3.05) is 19.0 Å². The summed E-state index contributed by atoms with van der Waals surface area (Å²) in [5.74, 6) is 0.491. The first-order valence-corrected chi connectivity index (χ1v) is 11.2. The van der Waals surface area contributed by atoms with Gasteiger partial charge in [-0.15, -0.1) is 0 Å². The Labute approximate surface area is 199 Å². The summed E-state index contributed by atoms with van der Waals surface area (Å²) >= 11 is 0. The van der Waals surface area contributed by atoms with Crippen molar-refractivity contribution >= 4 is 23.1 Å². The maximum Gasteiger partial charge on any atom is 0.278 e. The molecule has 1 aliphatic rings. The lowest BCUT2D eigenvalue weighted by molar-refractivity contribution is -0.137. The number of carbonyl (C=O) groups is 2. The van der Waals surface area contributed by atoms with Gasteiger partial charge < -0.3 is 14.8 Å². The molecule has 0 unspecified atom stereocenters. The zero-order chi connectivity index (χ0) is 24.2. The zero-order valence-corrected chi connectivity index (χ0v) is 19.8. The van der Waals surface area contributed by atoms with Crippen molar-refractivity contribution in [3.63, 3.8) is 0 Å². The van der Waals surface area contributed by atoms with Crippen LogP contribution in [-0.4, -0.2) is 30.4 Å². The van der Waals surface area contributed by atoms with Crippen LogP contribution in [0.15, 0.2) is 72.4 Å². The smallest absolute Gasteiger partial charge is 0.278 e. The predicted octanol–water partition coefficient (Wildman–Crippen LogP) is 5.10. The molecule has 174 valence electrons. The van der Waals surface area contributed by atoms with Gasteiger partial charge in [-0.05, 0) is 55.7 Å². The summed E-state index contributed by atoms with van der Waals surface area (Å²) in [6, 6.07) is 20.5. The average Bonchev–Trinajstić information content (AvgIpc) is 3.07. The minimum atomic E-state index is -0.393. The van der Waals surface area contributed by atoms with E-state index in [-0.39, 0.29) is 18.1 Å². The molecule has 3 aromatic rings. The third-order valence-corrected chi connectivity index (χ3v) is 5.93. The number of benzene rings is 3. The van der Waals surface area contributed by atoms with Gasteiger partial charge in [-0.25, -0.2) is 0 Å². The number of anilines is 1. The fourth-order valence-corrected chi connectivity index (χ4v) is 3.99. The first-order valence-electron chi connectivity index (χ1n) is 11.2. The van der Waals surface area contributed by atoms with Gasteiger partial charge in [0.2, 0.25) is 0 Å². The quantitative estimate of drug-likeness (QED) is 0.478. The summed E-state index contributed by atoms with van der Waals surface area (Å²) in [5.41, 5.74) is 4.80. The molecule has 34 heavy (non-hydrogen) atoms. The predicted molar refractivity (Wildman–Crippen MR) is 133 cm³/mol. The standard InChI is InChI=1S/C28H28N2O4/c1-5-34-24-13-9-7-11-22(24)29-26-25(20-15-14-18(2)19(3)16-20)27(31)30(28(26)32)17-21-10-6-8-12-23(21)33-4/h6-16,29H,5,17H2,1-4H3. The van der Waals surface area contributed by atoms with Gasteiger partial charge in [-0.1, -0.05) is 48.5 Å². The molecule has 0 aromatic heterocycles. The molecule has 3 aromatic carbocycles. The van der Waals surface area contributed by atoms with Gasteiger partial charge in [0, 0.05) is 5.56 Å². The van der Waals surface area contributed by atoms with E-state index in [4.69, 9.17) is 9.47 Å². The SMILES string of the molecule is CCOc1ccccc1NC1=C(c2ccc(C)c(C)c2)C(=O)N(Cc2ccccc2OC)C1=O. The first-order chi connectivity index (χ1) is 16.4. The number of aryl methyl sites for hydroxylation is 2. The van der Waals surface area contributed by atoms with Crippen LogP contribution in [0.3, 0.4) is 0 Å². The van der Waals surface area contributed by atoms with Crippen LogP contribution in [0.1, 0.15) is 29.2 Å². The lowest BCUT2D eigenvalue weighted by Gasteiger charge is -2.17. The number of imide groups is 1. The molecular weight excluding hydrogens is 428 g/mol. The molecule has 0 aliphatic carbocycles. The van der Waals surface area contributed by atoms with Crippen LogP contribution in [0.5, 0.6) is 11.5 Å². The second-order valence-corrected chi connectivity index (χ2v) is 8.11. The van der Waals surface area contributed by atoms with Crippen molar-refractivity contribution < 1.29 is 19.1 Å². The van der Waals surface area contributed by atoms with Crippen molar-refractivity contribution in [1.82, 2.24) is 4.90 Å². The Morgan fingerprint density at radius 3 is 2.26 bits per heavy atom. The van der Waals surface area contributed by atoms with Gasteiger partial charge in [0.05, 0.1) is 31.5 Å². The molecular formula is C28H28N2O4. The summed E-state index contributed by atoms with van der Waals surface area (Å²) in [6.07, 6.45) is 0. The second kappa shape index (κ2) is 9.83. The minimum absolute atomic E-state index is 0.105. The van der Waals surface area contributed by atoms with Crippen LogP contribution in [0.4, 0.5) is 5.69 Å². The lowest BCUT2D eigenvalue weighted by atomic mass is 9.99. The van der Waals surface area contributed by atoms with Gasteiger partial charge in [0.15, 0.2) is 0 Å². The third-order valence-electron chi connectivity index (χ3n) is 5.93. The Balaban J connectivity index is 1.79. The molecule has 2 amide bonds. The molecule has 1 N–H and O–H groups in total. The molecule has 0 radical (unpaired) electrons. The van der Waals surface area contributed by atoms with E-state index in [1.165, 1.54) is 4.90 Å². The third kappa shape index (κ3) is 4.39. The molecule has 0 fully saturated rings. The highest BCUT2D eigenvalue weighted by Gasteiger charge is 2.40. The molecule has 0 spiro atoms. The molecule has 6 heteroatoms. The Hall–Kier alpha value is -4.06. The van der Waals surface area contributed by atoms with Gasteiger partial charge in [-0.2, -0.15) is 0 Å². The number of carbonyl (C=O) groups excluding carboxylic acids is 2. The summed E-state index contributed by atoms with van der Waals surface area (Å²) in [7, 11) is 1.57. The van der Waals surface area contributed by atoms with Crippen molar-refractivity contribution in [1.29, 1.82) is 0 Å². The molecule has 0 saturated carbocycles. The van der Waals surface area contributed by atoms with E-state index in [1.54, 1.807) is 7.11 Å². The fraction of sp³-hybridized carbons (Fsp3) is 0.214. The van der Waals surface area contributed by atoms with Crippen molar-refractivity contribution in [3.8, 4) is 11.5 Å². The number of nitrogens with zero attached hydrogens (tertiary/aromatic N) is 1. The Kier molecular flexibility index (Phi) is 6.68. The highest BCUT2D eigenvalue weighted by molar-refractivity contribution is 6.36. The van der Waals surface area contributed by atoms with Gasteiger partial charge >= 0.3 is 0 Å². The summed E-state index contributed by atoms with van der Waals surface area (Å²) in [4.78, 5) is 28.6. The molecule has 0 atom stereocenters. The molecule has 6 nitrogen and oxygen atoms in total. The van der Waals surface area contributed by atoms with Crippen LogP contribution in [0.2, 0.25) is 0 Å². The number of rotatable bonds is 8. The topological polar surface area (TPSA) is 67.9 Å². The lowest BCUT2D eigenvalue weighted by Crippen LogP contribution is -2.32. The van der Waals surface area contributed by atoms with Gasteiger partial charge in [-0.3, -0.25) is 14.5 Å². The van der Waals surface area contributed by atoms with Crippen LogP contribution in [-0.2, 0) is 16.1 Å². The van der Waals surface area contributed by atoms with E-state index in [0.29, 0.717) is 34.9 Å². The highest BCUT2D eigenvalue weighted by Crippen LogP contribution is 2.35. The van der Waals surface area contributed by atoms with E-state index < -0.39 is 5.91 Å². The normalized spacial score (nSPS) is 13.5. The number of hydrogen-bond donors (Lipinski definition) is 1. The Bertz CT molecular complexity index is 1280. The van der Waals surface area contributed by atoms with E-state index >= 15 is 0 Å². The van der Waals surface area contributed by atoms with Gasteiger partial charge in [0.25, 0.3) is 11.8 Å². The molecule has 0 bridgehead atoms. The highest BCUT2D eigenvalue weighted by atomic mass is 16.5. The van der Waals surface area contributed by atoms with Crippen LogP contribution in [0, 0.1) is 13.8 Å². The number of hydrogen-bond acceptors (Lipinski definition) is 5. The van der Waals surface area contributed by atoms with Crippen LogP contribution >= 0.6 is 0 Å². The number of para-hydroxylation sites is 3. The van der Waals surface area contributed by atoms with Crippen molar-refractivity contribution in [2.24, 2.45) is 0 Å². The number of nitrogens with one attached hydrogen (secondary N) is 1. The Morgan fingerprint density at radius 2 is 1.56 bits per heavy atom. The second-order valence-electron chi connectivity index (χ2n) is 8.11. The van der Waals surface area contributed by atoms with E-state index in [2.05, 4.69) is 5.32 Å². The Morgan fingerprint density at radius 1 is 0.853 bits per heavy atom. The first kappa shape index (κ1) is 23.1. The molecule has 4 rings (SSSR count). The molecule has 0 saturated heterocycles. The monoisotopic (exact) mass is 456 g/mol. The maximum atomic E-state index is 13.7. The zero-order valence-electron chi connectivity index (χ0n) is 19.8. The number of amides is 2. The van der Waals surface area contributed by atoms with Crippen LogP contribution < -0.4 is 14.8 Å². The van der Waals surface area contributed by atoms with Gasteiger partial charge in [0.1, 0.15) is 17.2 Å². The number of ether oxygens (including phenoxy) is 2. The van der Waals surface area contributed by atoms with Crippen LogP contribution in [0.25, 0.3) is 5.57 Å². The van der Waals surface area contributed by atoms with E-state index in [1.807, 2.05) is 87.5 Å². The van der Waals surface area contributed by atoms with Crippen molar-refractivity contribution in [2.45, 2.75) is 27.3 Å². The van der Waals surface area contributed by atoms with Crippen molar-refractivity contribution in [3.05, 3.63) is 94.7 Å². The summed E-state index contributed by atoms with van der Waals surface area (Å²) in [6.45, 7) is 6.49. The number of methoxy groups -OCH3 is 1. The maximum absolute atomic E-state index is 13.7. The largest absolute Gasteiger partial charge is 0.496 e. The summed E-state index contributed by atoms with van der Waals surface area (Å²) in [5, 5.41) is 3.21. The molecule has 1 aliphatic heterocycles. The van der Waals surface area contributed by atoms with E-state index in [0.717, 1.165) is 16.7 Å². The fourth-order valence-electron chi connectivity index (χ4n) is 3.99. The summed E-state index contributed by atoms with van der Waals surface area (Å²) < 4.78 is 11.2. The minimum Gasteiger partial charge on any atom is -0.496 e. The average molecular weight is 457 g/mol. The molecule has 1 heterocycles.